The van der Waals surface area contributed by atoms with Crippen molar-refractivity contribution >= 4 is 91.9 Å². The Morgan fingerprint density at radius 1 is 0.548 bits per heavy atom. The molecule has 0 saturated heterocycles. The Bertz CT molecular complexity index is 2490. The summed E-state index contributed by atoms with van der Waals surface area (Å²) in [5.41, 5.74) is 5.13. The number of anilines is 3. The number of hydrogen-bond acceptors (Lipinski definition) is 2. The van der Waals surface area contributed by atoms with Gasteiger partial charge >= 0.3 is 0 Å². The summed E-state index contributed by atoms with van der Waals surface area (Å²) >= 11 is 1.84. The van der Waals surface area contributed by atoms with Gasteiger partial charge in [0, 0.05) is 47.5 Å². The van der Waals surface area contributed by atoms with Gasteiger partial charge in [-0.1, -0.05) is 91.0 Å². The van der Waals surface area contributed by atoms with E-state index in [1.165, 1.54) is 41.7 Å². The van der Waals surface area contributed by atoms with Crippen molar-refractivity contribution in [3.05, 3.63) is 139 Å². The largest absolute Gasteiger partial charge is 0.353 e. The van der Waals surface area contributed by atoms with Gasteiger partial charge in [0.1, 0.15) is 5.82 Å². The van der Waals surface area contributed by atoms with Crippen LogP contribution in [0.3, 0.4) is 0 Å². The fraction of sp³-hybridized carbons (Fsp3) is 0. The van der Waals surface area contributed by atoms with Crippen molar-refractivity contribution in [2.45, 2.75) is 0 Å². The number of aromatic amines is 1. The molecule has 2 aromatic heterocycles. The number of nitrogens with one attached hydrogen (secondary N) is 1. The fourth-order valence-corrected chi connectivity index (χ4v) is 7.86. The summed E-state index contributed by atoms with van der Waals surface area (Å²) in [7, 11) is 0. The number of para-hydroxylation sites is 2. The van der Waals surface area contributed by atoms with Crippen LogP contribution in [0.1, 0.15) is 0 Å². The minimum atomic E-state index is -0.251. The number of halogens is 1. The maximum absolute atomic E-state index is 14.2. The monoisotopic (exact) mass is 558 g/mol. The minimum absolute atomic E-state index is 0.251. The number of aromatic nitrogens is 1. The van der Waals surface area contributed by atoms with Crippen LogP contribution in [0.5, 0.6) is 0 Å². The third-order valence-corrected chi connectivity index (χ3v) is 9.62. The zero-order valence-electron chi connectivity index (χ0n) is 22.4. The van der Waals surface area contributed by atoms with Crippen LogP contribution in [-0.4, -0.2) is 4.98 Å². The Morgan fingerprint density at radius 3 is 2.12 bits per heavy atom. The minimum Gasteiger partial charge on any atom is -0.353 e. The van der Waals surface area contributed by atoms with Gasteiger partial charge in [0.15, 0.2) is 0 Å². The average Bonchev–Trinajstić information content (AvgIpc) is 3.61. The van der Waals surface area contributed by atoms with E-state index in [9.17, 15) is 4.39 Å². The molecule has 0 fully saturated rings. The maximum Gasteiger partial charge on any atom is 0.123 e. The quantitative estimate of drug-likeness (QED) is 0.228. The van der Waals surface area contributed by atoms with E-state index in [0.717, 1.165) is 38.9 Å². The van der Waals surface area contributed by atoms with E-state index in [1.54, 1.807) is 12.1 Å². The molecule has 0 aliphatic carbocycles. The molecule has 0 saturated carbocycles. The highest BCUT2D eigenvalue weighted by molar-refractivity contribution is 7.27. The Hall–Kier alpha value is -5.19. The van der Waals surface area contributed by atoms with E-state index in [1.807, 2.05) is 23.5 Å². The van der Waals surface area contributed by atoms with Gasteiger partial charge in [0.2, 0.25) is 0 Å². The van der Waals surface area contributed by atoms with Crippen molar-refractivity contribution in [2.75, 3.05) is 4.90 Å². The van der Waals surface area contributed by atoms with Gasteiger partial charge in [0.25, 0.3) is 0 Å². The topological polar surface area (TPSA) is 19.0 Å². The van der Waals surface area contributed by atoms with Gasteiger partial charge in [-0.15, -0.1) is 11.3 Å². The van der Waals surface area contributed by atoms with Gasteiger partial charge < -0.3 is 9.88 Å². The first-order valence-electron chi connectivity index (χ1n) is 14.1. The van der Waals surface area contributed by atoms with Crippen LogP contribution >= 0.6 is 11.3 Å². The van der Waals surface area contributed by atoms with Crippen molar-refractivity contribution in [3.8, 4) is 0 Å². The van der Waals surface area contributed by atoms with Crippen LogP contribution in [-0.2, 0) is 0 Å². The van der Waals surface area contributed by atoms with Crippen LogP contribution < -0.4 is 4.90 Å². The van der Waals surface area contributed by atoms with Crippen molar-refractivity contribution in [3.63, 3.8) is 0 Å². The van der Waals surface area contributed by atoms with Crippen molar-refractivity contribution in [1.29, 1.82) is 0 Å². The molecular weight excluding hydrogens is 535 g/mol. The second kappa shape index (κ2) is 8.90. The molecule has 1 N–H and O–H groups in total. The number of thiophene rings is 1. The number of hydrogen-bond donors (Lipinski definition) is 1. The Labute approximate surface area is 244 Å². The first-order chi connectivity index (χ1) is 20.7. The molecule has 4 heteroatoms. The van der Waals surface area contributed by atoms with Crippen molar-refractivity contribution in [1.82, 2.24) is 4.98 Å². The van der Waals surface area contributed by atoms with E-state index >= 15 is 0 Å². The second-order valence-electron chi connectivity index (χ2n) is 10.8. The van der Waals surface area contributed by atoms with E-state index in [0.29, 0.717) is 0 Å². The predicted octanol–water partition coefficient (Wildman–Crippen LogP) is 11.6. The number of benzene rings is 7. The van der Waals surface area contributed by atoms with Gasteiger partial charge in [-0.3, -0.25) is 0 Å². The smallest absolute Gasteiger partial charge is 0.123 e. The summed E-state index contributed by atoms with van der Waals surface area (Å²) in [6.45, 7) is 0. The summed E-state index contributed by atoms with van der Waals surface area (Å²) < 4.78 is 16.8. The highest BCUT2D eigenvalue weighted by Gasteiger charge is 2.22. The lowest BCUT2D eigenvalue weighted by Crippen LogP contribution is -2.11. The molecule has 2 nitrogen and oxygen atoms in total. The molecule has 0 unspecified atom stereocenters. The van der Waals surface area contributed by atoms with E-state index in [2.05, 4.69) is 119 Å². The standard InChI is InChI=1S/C38H23FN2S/c39-24-17-19-25(20-18-24)41(33-15-7-13-30-27-10-5-6-14-32(27)40-37(30)33)34-22-35-36(29-12-4-3-11-28(29)34)31-21-16-23-8-1-2-9-26(23)38(31)42-35/h1-22,40H. The zero-order chi connectivity index (χ0) is 27.8. The SMILES string of the molecule is Fc1ccc(N(c2cc3sc4c5ccccc5ccc4c3c3ccccc23)c2cccc3c2[nH]c2ccccc23)cc1. The molecular formula is C38H23FN2S. The molecule has 9 aromatic rings. The summed E-state index contributed by atoms with van der Waals surface area (Å²) in [6.07, 6.45) is 0. The first kappa shape index (κ1) is 23.5. The molecule has 2 heterocycles. The number of rotatable bonds is 3. The zero-order valence-corrected chi connectivity index (χ0v) is 23.3. The van der Waals surface area contributed by atoms with Gasteiger partial charge in [-0.05, 0) is 58.6 Å². The van der Waals surface area contributed by atoms with Crippen molar-refractivity contribution in [2.24, 2.45) is 0 Å². The summed E-state index contributed by atoms with van der Waals surface area (Å²) in [4.78, 5) is 5.97. The van der Waals surface area contributed by atoms with Crippen LogP contribution in [0.15, 0.2) is 133 Å². The van der Waals surface area contributed by atoms with Crippen LogP contribution in [0.25, 0.3) is 63.5 Å². The third kappa shape index (κ3) is 3.36. The normalized spacial score (nSPS) is 11.9. The lowest BCUT2D eigenvalue weighted by Gasteiger charge is -2.27. The van der Waals surface area contributed by atoms with E-state index in [4.69, 9.17) is 0 Å². The predicted molar refractivity (Wildman–Crippen MR) is 178 cm³/mol. The molecule has 0 amide bonds. The molecule has 0 bridgehead atoms. The number of fused-ring (bicyclic) bond motifs is 10. The molecule has 42 heavy (non-hydrogen) atoms. The third-order valence-electron chi connectivity index (χ3n) is 8.43. The highest BCUT2D eigenvalue weighted by Crippen LogP contribution is 2.48. The lowest BCUT2D eigenvalue weighted by atomic mass is 9.99. The van der Waals surface area contributed by atoms with Gasteiger partial charge in [-0.2, -0.15) is 0 Å². The molecule has 0 aliphatic heterocycles. The van der Waals surface area contributed by atoms with Gasteiger partial charge in [-0.25, -0.2) is 4.39 Å². The van der Waals surface area contributed by atoms with Crippen LogP contribution in [0.2, 0.25) is 0 Å². The average molecular weight is 559 g/mol. The lowest BCUT2D eigenvalue weighted by molar-refractivity contribution is 0.628. The van der Waals surface area contributed by atoms with E-state index < -0.39 is 0 Å². The summed E-state index contributed by atoms with van der Waals surface area (Å²) in [5, 5.41) is 9.79. The Morgan fingerprint density at radius 2 is 1.26 bits per heavy atom. The molecule has 0 aliphatic rings. The summed E-state index contributed by atoms with van der Waals surface area (Å²) in [5.74, 6) is -0.251. The van der Waals surface area contributed by atoms with Gasteiger partial charge in [0.05, 0.1) is 16.9 Å². The van der Waals surface area contributed by atoms with E-state index in [-0.39, 0.29) is 5.82 Å². The molecule has 0 atom stereocenters. The number of H-pyrrole nitrogens is 1. The highest BCUT2D eigenvalue weighted by atomic mass is 32.1. The molecule has 9 rings (SSSR count). The fourth-order valence-electron chi connectivity index (χ4n) is 6.58. The molecule has 7 aromatic carbocycles. The first-order valence-corrected chi connectivity index (χ1v) is 14.9. The van der Waals surface area contributed by atoms with Crippen LogP contribution in [0, 0.1) is 5.82 Å². The summed E-state index contributed by atoms with van der Waals surface area (Å²) in [6, 6.07) is 45.8. The number of nitrogens with zero attached hydrogens (tertiary/aromatic N) is 1. The molecule has 198 valence electrons. The molecule has 0 radical (unpaired) electrons. The maximum atomic E-state index is 14.2. The van der Waals surface area contributed by atoms with Crippen LogP contribution in [0.4, 0.5) is 21.5 Å². The van der Waals surface area contributed by atoms with Crippen molar-refractivity contribution < 1.29 is 4.39 Å². The second-order valence-corrected chi connectivity index (χ2v) is 11.8. The molecule has 0 spiro atoms. The Kier molecular flexibility index (Phi) is 4.98. The Balaban J connectivity index is 1.41.